The third-order valence-corrected chi connectivity index (χ3v) is 7.16. The Bertz CT molecular complexity index is 1400. The van der Waals surface area contributed by atoms with Crippen molar-refractivity contribution >= 4 is 23.1 Å². The molecular formula is C33H37NO4. The predicted octanol–water partition coefficient (Wildman–Crippen LogP) is 7.22. The van der Waals surface area contributed by atoms with E-state index in [0.717, 1.165) is 22.3 Å². The molecule has 4 rings (SSSR count). The van der Waals surface area contributed by atoms with Crippen LogP contribution in [0, 0.1) is 6.92 Å². The Morgan fingerprint density at radius 1 is 0.816 bits per heavy atom. The smallest absolute Gasteiger partial charge is 0.300 e. The van der Waals surface area contributed by atoms with Crippen molar-refractivity contribution in [1.82, 2.24) is 0 Å². The summed E-state index contributed by atoms with van der Waals surface area (Å²) in [5.41, 5.74) is 4.79. The van der Waals surface area contributed by atoms with Crippen molar-refractivity contribution in [2.75, 3.05) is 12.0 Å². The molecule has 1 N–H and O–H groups in total. The summed E-state index contributed by atoms with van der Waals surface area (Å²) in [5.74, 6) is -1.22. The van der Waals surface area contributed by atoms with Crippen molar-refractivity contribution < 1.29 is 19.4 Å². The van der Waals surface area contributed by atoms with Gasteiger partial charge in [0.2, 0.25) is 0 Å². The number of aryl methyl sites for hydroxylation is 1. The Balaban J connectivity index is 1.95. The normalized spacial score (nSPS) is 17.7. The molecule has 3 aromatic carbocycles. The standard InChI is InChI=1S/C33H37NO4/c1-20-9-18-26(38-8)25(19-20)29(35)27-28(21-10-12-22(13-11-21)32(2,3)4)34(31(37)30(27)36)24-16-14-23(15-17-24)33(5,6)7/h9-19,28,35H,1-8H3/b29-27+. The molecule has 1 fully saturated rings. The number of hydrogen-bond acceptors (Lipinski definition) is 4. The van der Waals surface area contributed by atoms with Gasteiger partial charge in [0.25, 0.3) is 11.7 Å². The Morgan fingerprint density at radius 3 is 1.84 bits per heavy atom. The van der Waals surface area contributed by atoms with E-state index in [1.54, 1.807) is 12.1 Å². The number of ketones is 1. The van der Waals surface area contributed by atoms with Gasteiger partial charge in [0, 0.05) is 5.69 Å². The van der Waals surface area contributed by atoms with E-state index in [2.05, 4.69) is 41.5 Å². The van der Waals surface area contributed by atoms with E-state index in [4.69, 9.17) is 4.74 Å². The van der Waals surface area contributed by atoms with Crippen LogP contribution in [0.15, 0.2) is 72.3 Å². The van der Waals surface area contributed by atoms with Gasteiger partial charge in [0.15, 0.2) is 0 Å². The number of carbonyl (C=O) groups is 2. The molecule has 0 radical (unpaired) electrons. The zero-order valence-corrected chi connectivity index (χ0v) is 23.5. The van der Waals surface area contributed by atoms with E-state index in [1.807, 2.05) is 61.5 Å². The first-order valence-corrected chi connectivity index (χ1v) is 12.9. The Morgan fingerprint density at radius 2 is 1.34 bits per heavy atom. The number of nitrogens with zero attached hydrogens (tertiary/aromatic N) is 1. The van der Waals surface area contributed by atoms with Crippen molar-refractivity contribution in [3.05, 3.63) is 100 Å². The first kappa shape index (κ1) is 27.2. The number of benzene rings is 3. The van der Waals surface area contributed by atoms with Gasteiger partial charge in [-0.05, 0) is 58.7 Å². The van der Waals surface area contributed by atoms with Crippen molar-refractivity contribution in [2.45, 2.75) is 65.3 Å². The highest BCUT2D eigenvalue weighted by molar-refractivity contribution is 6.51. The van der Waals surface area contributed by atoms with Crippen molar-refractivity contribution in [2.24, 2.45) is 0 Å². The number of carbonyl (C=O) groups excluding carboxylic acids is 2. The second-order valence-electron chi connectivity index (χ2n) is 12.0. The van der Waals surface area contributed by atoms with E-state index in [0.29, 0.717) is 17.0 Å². The summed E-state index contributed by atoms with van der Waals surface area (Å²) in [6, 6.07) is 20.2. The molecule has 198 valence electrons. The first-order chi connectivity index (χ1) is 17.7. The minimum Gasteiger partial charge on any atom is -0.507 e. The van der Waals surface area contributed by atoms with Crippen LogP contribution < -0.4 is 9.64 Å². The molecule has 5 nitrogen and oxygen atoms in total. The fourth-order valence-corrected chi connectivity index (χ4v) is 4.85. The lowest BCUT2D eigenvalue weighted by Gasteiger charge is -2.27. The molecule has 1 aliphatic rings. The lowest BCUT2D eigenvalue weighted by atomic mass is 9.85. The zero-order valence-electron chi connectivity index (χ0n) is 23.5. The third kappa shape index (κ3) is 4.98. The van der Waals surface area contributed by atoms with Gasteiger partial charge in [0.05, 0.1) is 24.3 Å². The lowest BCUT2D eigenvalue weighted by Crippen LogP contribution is -2.29. The van der Waals surface area contributed by atoms with Crippen LogP contribution in [0.3, 0.4) is 0 Å². The quantitative estimate of drug-likeness (QED) is 0.228. The summed E-state index contributed by atoms with van der Waals surface area (Å²) in [5, 5.41) is 11.6. The molecule has 3 aromatic rings. The van der Waals surface area contributed by atoms with Crippen molar-refractivity contribution in [3.63, 3.8) is 0 Å². The zero-order chi connectivity index (χ0) is 28.0. The SMILES string of the molecule is COc1ccc(C)cc1/C(O)=C1\C(=O)C(=O)N(c2ccc(C(C)(C)C)cc2)C1c1ccc(C(C)(C)C)cc1. The highest BCUT2D eigenvalue weighted by Crippen LogP contribution is 2.44. The summed E-state index contributed by atoms with van der Waals surface area (Å²) < 4.78 is 5.49. The summed E-state index contributed by atoms with van der Waals surface area (Å²) in [6.07, 6.45) is 0. The molecule has 0 aliphatic carbocycles. The maximum atomic E-state index is 13.6. The Hall–Kier alpha value is -3.86. The lowest BCUT2D eigenvalue weighted by molar-refractivity contribution is -0.132. The number of hydrogen-bond donors (Lipinski definition) is 1. The molecule has 0 spiro atoms. The molecule has 1 saturated heterocycles. The second kappa shape index (κ2) is 9.79. The maximum absolute atomic E-state index is 13.6. The van der Waals surface area contributed by atoms with Gasteiger partial charge in [-0.15, -0.1) is 0 Å². The third-order valence-electron chi connectivity index (χ3n) is 7.16. The highest BCUT2D eigenvalue weighted by atomic mass is 16.5. The number of aliphatic hydroxyl groups is 1. The van der Waals surface area contributed by atoms with Gasteiger partial charge >= 0.3 is 0 Å². The monoisotopic (exact) mass is 511 g/mol. The molecule has 0 aromatic heterocycles. The second-order valence-corrected chi connectivity index (χ2v) is 12.0. The molecule has 1 heterocycles. The van der Waals surface area contributed by atoms with Crippen LogP contribution in [0.2, 0.25) is 0 Å². The van der Waals surface area contributed by atoms with Gasteiger partial charge in [-0.1, -0.05) is 89.6 Å². The fourth-order valence-electron chi connectivity index (χ4n) is 4.85. The number of methoxy groups -OCH3 is 1. The molecule has 0 saturated carbocycles. The Labute approximate surface area is 225 Å². The molecule has 1 unspecified atom stereocenters. The van der Waals surface area contributed by atoms with Crippen molar-refractivity contribution in [1.29, 1.82) is 0 Å². The number of aliphatic hydroxyl groups excluding tert-OH is 1. The molecule has 1 aliphatic heterocycles. The molecule has 38 heavy (non-hydrogen) atoms. The van der Waals surface area contributed by atoms with Crippen LogP contribution in [0.5, 0.6) is 5.75 Å². The van der Waals surface area contributed by atoms with E-state index >= 15 is 0 Å². The first-order valence-electron chi connectivity index (χ1n) is 12.9. The topological polar surface area (TPSA) is 66.8 Å². The molecule has 1 amide bonds. The van der Waals surface area contributed by atoms with Crippen LogP contribution >= 0.6 is 0 Å². The number of anilines is 1. The van der Waals surface area contributed by atoms with Gasteiger partial charge < -0.3 is 9.84 Å². The van der Waals surface area contributed by atoms with Gasteiger partial charge in [0.1, 0.15) is 11.5 Å². The highest BCUT2D eigenvalue weighted by Gasteiger charge is 2.47. The molecule has 5 heteroatoms. The van der Waals surface area contributed by atoms with Gasteiger partial charge in [-0.25, -0.2) is 0 Å². The minimum absolute atomic E-state index is 0.0438. The largest absolute Gasteiger partial charge is 0.507 e. The number of rotatable bonds is 4. The molecular weight excluding hydrogens is 474 g/mol. The predicted molar refractivity (Wildman–Crippen MR) is 153 cm³/mol. The van der Waals surface area contributed by atoms with E-state index in [1.165, 1.54) is 12.0 Å². The van der Waals surface area contributed by atoms with Crippen LogP contribution in [0.4, 0.5) is 5.69 Å². The minimum atomic E-state index is -0.797. The van der Waals surface area contributed by atoms with E-state index in [-0.39, 0.29) is 22.2 Å². The number of Topliss-reactive ketones (excluding diaryl/α,β-unsaturated/α-hetero) is 1. The van der Waals surface area contributed by atoms with Crippen LogP contribution in [0.1, 0.15) is 75.4 Å². The summed E-state index contributed by atoms with van der Waals surface area (Å²) in [7, 11) is 1.51. The van der Waals surface area contributed by atoms with E-state index in [9.17, 15) is 14.7 Å². The van der Waals surface area contributed by atoms with Crippen LogP contribution in [0.25, 0.3) is 5.76 Å². The summed E-state index contributed by atoms with van der Waals surface area (Å²) >= 11 is 0. The number of ether oxygens (including phenoxy) is 1. The van der Waals surface area contributed by atoms with Gasteiger partial charge in [-0.3, -0.25) is 14.5 Å². The van der Waals surface area contributed by atoms with Crippen molar-refractivity contribution in [3.8, 4) is 5.75 Å². The summed E-state index contributed by atoms with van der Waals surface area (Å²) in [6.45, 7) is 14.7. The Kier molecular flexibility index (Phi) is 7.00. The maximum Gasteiger partial charge on any atom is 0.300 e. The molecule has 0 bridgehead atoms. The number of amides is 1. The van der Waals surface area contributed by atoms with Crippen LogP contribution in [-0.2, 0) is 20.4 Å². The fraction of sp³-hybridized carbons (Fsp3) is 0.333. The van der Waals surface area contributed by atoms with E-state index < -0.39 is 17.7 Å². The van der Waals surface area contributed by atoms with Crippen LogP contribution in [-0.4, -0.2) is 23.9 Å². The summed E-state index contributed by atoms with van der Waals surface area (Å²) in [4.78, 5) is 28.6. The molecule has 1 atom stereocenters. The average molecular weight is 512 g/mol. The average Bonchev–Trinajstić information content (AvgIpc) is 3.13. The van der Waals surface area contributed by atoms with Gasteiger partial charge in [-0.2, -0.15) is 0 Å².